The van der Waals surface area contributed by atoms with E-state index >= 15 is 0 Å². The number of alkyl halides is 2. The van der Waals surface area contributed by atoms with Gasteiger partial charge in [-0.1, -0.05) is 23.4 Å². The SMILES string of the molecule is Cc1nc2cnc(N(C)[C@H]3CC[C@H](N4CC(F)(F)C4)CC3)c(C#N)c2c(=O)n1CC#Cc1ccc(Cl)cc1-c1ccnc2c(C(=O)O)csc12. The van der Waals surface area contributed by atoms with Gasteiger partial charge in [0.2, 0.25) is 0 Å². The minimum absolute atomic E-state index is 0.0124. The van der Waals surface area contributed by atoms with Gasteiger partial charge in [-0.05, 0) is 56.9 Å². The van der Waals surface area contributed by atoms with Crippen molar-refractivity contribution >= 4 is 55.8 Å². The van der Waals surface area contributed by atoms with Crippen LogP contribution in [0.3, 0.4) is 0 Å². The normalized spacial score (nSPS) is 18.6. The van der Waals surface area contributed by atoms with Crippen molar-refractivity contribution in [2.75, 3.05) is 25.0 Å². The Morgan fingerprint density at radius 2 is 1.94 bits per heavy atom. The molecule has 5 heterocycles. The van der Waals surface area contributed by atoms with Gasteiger partial charge in [0.15, 0.2) is 0 Å². The maximum Gasteiger partial charge on any atom is 0.338 e. The summed E-state index contributed by atoms with van der Waals surface area (Å²) in [6.07, 6.45) is 6.11. The van der Waals surface area contributed by atoms with E-state index in [9.17, 15) is 28.7 Å². The molecule has 2 fully saturated rings. The predicted octanol–water partition coefficient (Wildman–Crippen LogP) is 6.35. The Morgan fingerprint density at radius 1 is 1.18 bits per heavy atom. The molecule has 2 aliphatic rings. The van der Waals surface area contributed by atoms with Gasteiger partial charge < -0.3 is 10.0 Å². The molecule has 4 aromatic heterocycles. The van der Waals surface area contributed by atoms with E-state index in [2.05, 4.69) is 32.9 Å². The summed E-state index contributed by atoms with van der Waals surface area (Å²) in [4.78, 5) is 42.9. The Bertz CT molecular complexity index is 2340. The van der Waals surface area contributed by atoms with Gasteiger partial charge >= 0.3 is 5.97 Å². The first-order valence-corrected chi connectivity index (χ1v) is 17.2. The molecule has 1 aromatic carbocycles. The summed E-state index contributed by atoms with van der Waals surface area (Å²) in [5, 5.41) is 22.1. The van der Waals surface area contributed by atoms with Gasteiger partial charge in [0.1, 0.15) is 23.3 Å². The van der Waals surface area contributed by atoms with Crippen LogP contribution in [0.15, 0.2) is 46.8 Å². The van der Waals surface area contributed by atoms with E-state index in [0.29, 0.717) is 43.5 Å². The number of hydrogen-bond donors (Lipinski definition) is 1. The third-order valence-electron chi connectivity index (χ3n) is 9.63. The van der Waals surface area contributed by atoms with Gasteiger partial charge in [0, 0.05) is 52.4 Å². The van der Waals surface area contributed by atoms with Crippen molar-refractivity contribution in [1.29, 1.82) is 5.26 Å². The second-order valence-corrected chi connectivity index (χ2v) is 14.0. The lowest BCUT2D eigenvalue weighted by molar-refractivity contribution is -0.149. The Hall–Kier alpha value is -4.95. The third kappa shape index (κ3) is 6.06. The fourth-order valence-electron chi connectivity index (χ4n) is 7.02. The van der Waals surface area contributed by atoms with Gasteiger partial charge in [-0.25, -0.2) is 23.5 Å². The molecule has 50 heavy (non-hydrogen) atoms. The van der Waals surface area contributed by atoms with Crippen LogP contribution in [-0.4, -0.2) is 73.6 Å². The first-order chi connectivity index (χ1) is 24.0. The van der Waals surface area contributed by atoms with Crippen molar-refractivity contribution < 1.29 is 18.7 Å². The summed E-state index contributed by atoms with van der Waals surface area (Å²) in [7, 11) is 1.85. The lowest BCUT2D eigenvalue weighted by atomic mass is 9.87. The van der Waals surface area contributed by atoms with E-state index in [0.717, 1.165) is 31.2 Å². The predicted molar refractivity (Wildman–Crippen MR) is 188 cm³/mol. The molecular weight excluding hydrogens is 684 g/mol. The number of carboxylic acid groups (broad SMARTS) is 1. The summed E-state index contributed by atoms with van der Waals surface area (Å²) in [6.45, 7) is 1.30. The van der Waals surface area contributed by atoms with Gasteiger partial charge in [-0.2, -0.15) is 5.26 Å². The Morgan fingerprint density at radius 3 is 2.64 bits per heavy atom. The van der Waals surface area contributed by atoms with Crippen molar-refractivity contribution in [3.8, 4) is 29.0 Å². The number of hydrogen-bond acceptors (Lipinski definition) is 9. The Labute approximate surface area is 294 Å². The minimum Gasteiger partial charge on any atom is -0.478 e. The highest BCUT2D eigenvalue weighted by Crippen LogP contribution is 2.38. The number of aromatic nitrogens is 4. The summed E-state index contributed by atoms with van der Waals surface area (Å²) >= 11 is 7.65. The molecule has 1 N–H and O–H groups in total. The molecule has 0 spiro atoms. The number of likely N-dealkylation sites (tertiary alicyclic amines) is 1. The van der Waals surface area contributed by atoms with Crippen LogP contribution in [0.4, 0.5) is 14.6 Å². The van der Waals surface area contributed by atoms with E-state index in [1.165, 1.54) is 22.1 Å². The zero-order chi connectivity index (χ0) is 35.3. The number of thiophene rings is 1. The highest BCUT2D eigenvalue weighted by molar-refractivity contribution is 7.18. The topological polar surface area (TPSA) is 128 Å². The molecular formula is C36H30ClF2N7O3S. The molecule has 14 heteroatoms. The molecule has 5 aromatic rings. The molecule has 0 unspecified atom stereocenters. The van der Waals surface area contributed by atoms with Crippen LogP contribution in [0.1, 0.15) is 53.0 Å². The van der Waals surface area contributed by atoms with Crippen molar-refractivity contribution in [2.24, 2.45) is 0 Å². The number of aromatic carboxylic acids is 1. The molecule has 10 nitrogen and oxygen atoms in total. The average Bonchev–Trinajstić information content (AvgIpc) is 3.53. The fraction of sp³-hybridized carbons (Fsp3) is 0.333. The quantitative estimate of drug-likeness (QED) is 0.200. The van der Waals surface area contributed by atoms with E-state index in [-0.39, 0.29) is 48.2 Å². The van der Waals surface area contributed by atoms with Gasteiger partial charge in [0.25, 0.3) is 11.5 Å². The van der Waals surface area contributed by atoms with Crippen molar-refractivity contribution in [3.63, 3.8) is 0 Å². The lowest BCUT2D eigenvalue weighted by Crippen LogP contribution is -2.60. The monoisotopic (exact) mass is 713 g/mol. The number of nitrogens with zero attached hydrogens (tertiary/aromatic N) is 7. The van der Waals surface area contributed by atoms with Gasteiger partial charge in [0.05, 0.1) is 52.5 Å². The fourth-order valence-corrected chi connectivity index (χ4v) is 8.22. The molecule has 0 radical (unpaired) electrons. The Kier molecular flexibility index (Phi) is 8.76. The smallest absolute Gasteiger partial charge is 0.338 e. The maximum atomic E-state index is 14.0. The summed E-state index contributed by atoms with van der Waals surface area (Å²) in [5.74, 6) is 3.37. The van der Waals surface area contributed by atoms with Crippen LogP contribution in [0.5, 0.6) is 0 Å². The summed E-state index contributed by atoms with van der Waals surface area (Å²) < 4.78 is 29.0. The van der Waals surface area contributed by atoms with Crippen molar-refractivity contribution in [2.45, 2.75) is 57.2 Å². The van der Waals surface area contributed by atoms with E-state index in [4.69, 9.17) is 11.6 Å². The number of aryl methyl sites for hydroxylation is 1. The zero-order valence-corrected chi connectivity index (χ0v) is 28.7. The van der Waals surface area contributed by atoms with Crippen LogP contribution in [0.25, 0.3) is 32.2 Å². The molecule has 1 aliphatic carbocycles. The Balaban J connectivity index is 1.18. The summed E-state index contributed by atoms with van der Waals surface area (Å²) in [6, 6.07) is 9.38. The minimum atomic E-state index is -2.60. The van der Waals surface area contributed by atoms with E-state index in [1.54, 1.807) is 42.8 Å². The molecule has 0 bridgehead atoms. The van der Waals surface area contributed by atoms with Gasteiger partial charge in [-0.15, -0.1) is 11.3 Å². The number of benzene rings is 1. The van der Waals surface area contributed by atoms with Crippen LogP contribution < -0.4 is 10.5 Å². The average molecular weight is 714 g/mol. The number of halogens is 3. The molecule has 1 saturated carbocycles. The molecule has 0 amide bonds. The van der Waals surface area contributed by atoms with E-state index < -0.39 is 17.5 Å². The number of fused-ring (bicyclic) bond motifs is 2. The standard InChI is InChI=1S/C36H30ClF2N7O3S/c1-20-43-29-16-42-33(44(2)23-7-9-24(10-8-23)45-18-36(38,39)19-45)27(15-40)30(29)34(47)46(20)13-3-4-21-5-6-22(37)14-26(21)25-11-12-41-31-28(35(48)49)17-50-32(25)31/h5-6,11-12,14,16-17,23-24H,7-10,13,18-19H2,1-2H3,(H,48,49)/t23-,24-. The van der Waals surface area contributed by atoms with Crippen molar-refractivity contribution in [1.82, 2.24) is 24.4 Å². The number of carboxylic acids is 1. The number of pyridine rings is 2. The van der Waals surface area contributed by atoms with E-state index in [1.807, 2.05) is 16.8 Å². The van der Waals surface area contributed by atoms with Crippen LogP contribution in [0, 0.1) is 30.1 Å². The van der Waals surface area contributed by atoms with Crippen LogP contribution in [0.2, 0.25) is 5.02 Å². The maximum absolute atomic E-state index is 14.0. The number of nitriles is 1. The zero-order valence-electron chi connectivity index (χ0n) is 27.1. The number of rotatable bonds is 6. The first kappa shape index (κ1) is 33.5. The number of carbonyl (C=O) groups is 1. The first-order valence-electron chi connectivity index (χ1n) is 16.0. The molecule has 0 atom stereocenters. The molecule has 254 valence electrons. The summed E-state index contributed by atoms with van der Waals surface area (Å²) in [5.41, 5.74) is 2.57. The third-order valence-corrected chi connectivity index (χ3v) is 10.9. The number of anilines is 1. The molecule has 1 aliphatic heterocycles. The molecule has 1 saturated heterocycles. The highest BCUT2D eigenvalue weighted by atomic mass is 35.5. The largest absolute Gasteiger partial charge is 0.478 e. The molecule has 7 rings (SSSR count). The van der Waals surface area contributed by atoms with Crippen LogP contribution in [-0.2, 0) is 6.54 Å². The van der Waals surface area contributed by atoms with Crippen LogP contribution >= 0.6 is 22.9 Å². The highest BCUT2D eigenvalue weighted by Gasteiger charge is 2.47. The second-order valence-electron chi connectivity index (χ2n) is 12.7. The van der Waals surface area contributed by atoms with Gasteiger partial charge in [-0.3, -0.25) is 19.2 Å². The lowest BCUT2D eigenvalue weighted by Gasteiger charge is -2.47. The second kappa shape index (κ2) is 13.1. The van der Waals surface area contributed by atoms with Crippen molar-refractivity contribution in [3.05, 3.63) is 79.9 Å².